The summed E-state index contributed by atoms with van der Waals surface area (Å²) in [5.41, 5.74) is 3.54. The maximum Gasteiger partial charge on any atom is 0.336 e. The third-order valence-electron chi connectivity index (χ3n) is 6.72. The maximum atomic E-state index is 13.7. The van der Waals surface area contributed by atoms with Crippen molar-refractivity contribution in [1.29, 1.82) is 0 Å². The van der Waals surface area contributed by atoms with Crippen molar-refractivity contribution in [2.24, 2.45) is 0 Å². The van der Waals surface area contributed by atoms with E-state index in [9.17, 15) is 9.59 Å². The molecule has 0 saturated heterocycles. The van der Waals surface area contributed by atoms with Crippen molar-refractivity contribution in [3.05, 3.63) is 70.0 Å². The average Bonchev–Trinajstić information content (AvgIpc) is 3.31. The predicted molar refractivity (Wildman–Crippen MR) is 144 cm³/mol. The molecule has 0 unspecified atom stereocenters. The van der Waals surface area contributed by atoms with E-state index in [2.05, 4.69) is 12.2 Å². The molecule has 198 valence electrons. The normalized spacial score (nSPS) is 19.4. The van der Waals surface area contributed by atoms with E-state index in [1.165, 1.54) is 0 Å². The molecular formula is C29H35NO6S. The number of esters is 1. The van der Waals surface area contributed by atoms with Crippen LogP contribution in [0, 0.1) is 6.92 Å². The lowest BCUT2D eigenvalue weighted by molar-refractivity contribution is -0.138. The third-order valence-corrected chi connectivity index (χ3v) is 7.58. The van der Waals surface area contributed by atoms with Gasteiger partial charge in [-0.1, -0.05) is 13.0 Å². The summed E-state index contributed by atoms with van der Waals surface area (Å²) < 4.78 is 22.8. The monoisotopic (exact) mass is 525 g/mol. The van der Waals surface area contributed by atoms with Crippen molar-refractivity contribution in [2.45, 2.75) is 52.4 Å². The summed E-state index contributed by atoms with van der Waals surface area (Å²) in [5.74, 6) is 3.26. The zero-order chi connectivity index (χ0) is 26.5. The molecule has 4 rings (SSSR count). The first-order valence-corrected chi connectivity index (χ1v) is 13.9. The number of hydrogen-bond donors (Lipinski definition) is 1. The van der Waals surface area contributed by atoms with Crippen molar-refractivity contribution in [2.75, 3.05) is 31.8 Å². The number of carbonyl (C=O) groups is 2. The van der Waals surface area contributed by atoms with Gasteiger partial charge in [0.1, 0.15) is 18.1 Å². The van der Waals surface area contributed by atoms with Crippen molar-refractivity contribution >= 4 is 23.5 Å². The van der Waals surface area contributed by atoms with Crippen LogP contribution in [-0.4, -0.2) is 43.6 Å². The van der Waals surface area contributed by atoms with E-state index in [4.69, 9.17) is 18.6 Å². The summed E-state index contributed by atoms with van der Waals surface area (Å²) >= 11 is 1.71. The molecule has 0 spiro atoms. The van der Waals surface area contributed by atoms with E-state index in [-0.39, 0.29) is 11.7 Å². The Labute approximate surface area is 222 Å². The Morgan fingerprint density at radius 1 is 1.14 bits per heavy atom. The van der Waals surface area contributed by atoms with Gasteiger partial charge in [-0.25, -0.2) is 4.79 Å². The number of ketones is 1. The fourth-order valence-corrected chi connectivity index (χ4v) is 5.56. The number of aryl methyl sites for hydroxylation is 1. The Kier molecular flexibility index (Phi) is 8.69. The number of dihydropyridines is 1. The number of Topliss-reactive ketones (excluding diaryl/α,β-unsaturated/α-hetero) is 1. The summed E-state index contributed by atoms with van der Waals surface area (Å²) in [4.78, 5) is 27.0. The maximum absolute atomic E-state index is 13.7. The third kappa shape index (κ3) is 5.74. The van der Waals surface area contributed by atoms with Gasteiger partial charge in [-0.15, -0.1) is 0 Å². The van der Waals surface area contributed by atoms with Crippen LogP contribution in [0.5, 0.6) is 11.5 Å². The van der Waals surface area contributed by atoms with E-state index >= 15 is 0 Å². The molecule has 8 heteroatoms. The van der Waals surface area contributed by atoms with Crippen LogP contribution in [0.2, 0.25) is 0 Å². The van der Waals surface area contributed by atoms with Crippen molar-refractivity contribution in [3.63, 3.8) is 0 Å². The zero-order valence-electron chi connectivity index (χ0n) is 22.1. The fourth-order valence-electron chi connectivity index (χ4n) is 5.07. The topological polar surface area (TPSA) is 87.0 Å². The lowest BCUT2D eigenvalue weighted by Crippen LogP contribution is -2.36. The van der Waals surface area contributed by atoms with Gasteiger partial charge < -0.3 is 23.9 Å². The van der Waals surface area contributed by atoms with Crippen LogP contribution in [0.25, 0.3) is 0 Å². The summed E-state index contributed by atoms with van der Waals surface area (Å²) in [5, 5.41) is 3.38. The Bertz CT molecular complexity index is 1230. The molecule has 2 atom stereocenters. The Hall–Kier alpha value is -3.13. The van der Waals surface area contributed by atoms with Gasteiger partial charge in [-0.2, -0.15) is 11.8 Å². The Morgan fingerprint density at radius 3 is 2.62 bits per heavy atom. The zero-order valence-corrected chi connectivity index (χ0v) is 23.0. The van der Waals surface area contributed by atoms with E-state index in [1.807, 2.05) is 51.1 Å². The molecule has 7 nitrogen and oxygen atoms in total. The molecule has 2 aliphatic rings. The molecule has 1 aromatic heterocycles. The van der Waals surface area contributed by atoms with Gasteiger partial charge in [-0.3, -0.25) is 4.79 Å². The van der Waals surface area contributed by atoms with Crippen LogP contribution in [0.3, 0.4) is 0 Å². The van der Waals surface area contributed by atoms with E-state index < -0.39 is 11.9 Å². The lowest BCUT2D eigenvalue weighted by Gasteiger charge is -2.35. The second-order valence-electron chi connectivity index (χ2n) is 9.14. The summed E-state index contributed by atoms with van der Waals surface area (Å²) in [7, 11) is 1.61. The highest BCUT2D eigenvalue weighted by atomic mass is 32.2. The van der Waals surface area contributed by atoms with E-state index in [0.717, 1.165) is 28.5 Å². The molecule has 1 aromatic carbocycles. The molecule has 0 saturated carbocycles. The van der Waals surface area contributed by atoms with Crippen LogP contribution in [0.1, 0.15) is 62.5 Å². The van der Waals surface area contributed by atoms with Crippen LogP contribution in [0.4, 0.5) is 0 Å². The molecule has 0 radical (unpaired) electrons. The van der Waals surface area contributed by atoms with E-state index in [1.54, 1.807) is 18.9 Å². The molecule has 2 aromatic rings. The van der Waals surface area contributed by atoms with Crippen LogP contribution in [-0.2, 0) is 14.3 Å². The Balaban J connectivity index is 1.67. The smallest absolute Gasteiger partial charge is 0.336 e. The lowest BCUT2D eigenvalue weighted by atomic mass is 9.73. The minimum Gasteiger partial charge on any atom is -0.493 e. The van der Waals surface area contributed by atoms with Gasteiger partial charge in [-0.05, 0) is 68.7 Å². The molecule has 2 heterocycles. The van der Waals surface area contributed by atoms with Crippen molar-refractivity contribution in [1.82, 2.24) is 5.32 Å². The second kappa shape index (κ2) is 11.9. The molecule has 1 N–H and O–H groups in total. The van der Waals surface area contributed by atoms with E-state index in [0.29, 0.717) is 60.2 Å². The van der Waals surface area contributed by atoms with Gasteiger partial charge in [0.25, 0.3) is 0 Å². The minimum absolute atomic E-state index is 0.00927. The number of benzene rings is 1. The van der Waals surface area contributed by atoms with Gasteiger partial charge in [0, 0.05) is 29.1 Å². The highest BCUT2D eigenvalue weighted by molar-refractivity contribution is 7.99. The molecule has 0 amide bonds. The standard InChI is InChI=1S/C29H35NO6S/c1-6-34-23-11-9-19(16-25(23)33-5)20-14-21-27(22(31)15-20)28(24-10-8-17(3)36-24)26(18(4)30-21)29(32)35-12-13-37-7-2/h8-11,16,20,28,30H,6-7,12-15H2,1-5H3/t20-,28-/m0/s1. The summed E-state index contributed by atoms with van der Waals surface area (Å²) in [6, 6.07) is 9.54. The molecule has 1 aliphatic heterocycles. The Morgan fingerprint density at radius 2 is 1.95 bits per heavy atom. The van der Waals surface area contributed by atoms with Gasteiger partial charge in [0.2, 0.25) is 0 Å². The quantitative estimate of drug-likeness (QED) is 0.314. The number of thioether (sulfide) groups is 1. The molecule has 0 fully saturated rings. The molecule has 1 aliphatic carbocycles. The van der Waals surface area contributed by atoms with Crippen LogP contribution >= 0.6 is 11.8 Å². The second-order valence-corrected chi connectivity index (χ2v) is 10.5. The molecular weight excluding hydrogens is 490 g/mol. The SMILES string of the molecule is CCOc1ccc([C@@H]2CC(=O)C3=C(C2)NC(C)=C(C(=O)OCCSCC)[C@@H]3c2ccc(C)o2)cc1OC. The summed E-state index contributed by atoms with van der Waals surface area (Å²) in [6.45, 7) is 8.57. The van der Waals surface area contributed by atoms with Crippen LogP contribution < -0.4 is 14.8 Å². The highest BCUT2D eigenvalue weighted by Gasteiger charge is 2.43. The minimum atomic E-state index is -0.598. The molecule has 37 heavy (non-hydrogen) atoms. The number of furan rings is 1. The van der Waals surface area contributed by atoms with Crippen molar-refractivity contribution < 1.29 is 28.2 Å². The largest absolute Gasteiger partial charge is 0.493 e. The number of nitrogens with one attached hydrogen (secondary N) is 1. The first kappa shape index (κ1) is 26.9. The number of allylic oxidation sites excluding steroid dienone is 3. The number of hydrogen-bond acceptors (Lipinski definition) is 8. The average molecular weight is 526 g/mol. The van der Waals surface area contributed by atoms with Gasteiger partial charge >= 0.3 is 5.97 Å². The first-order chi connectivity index (χ1) is 17.9. The number of rotatable bonds is 10. The highest BCUT2D eigenvalue weighted by Crippen LogP contribution is 2.46. The van der Waals surface area contributed by atoms with Crippen molar-refractivity contribution in [3.8, 4) is 11.5 Å². The van der Waals surface area contributed by atoms with Gasteiger partial charge in [0.15, 0.2) is 17.3 Å². The predicted octanol–water partition coefficient (Wildman–Crippen LogP) is 5.65. The number of carbonyl (C=O) groups excluding carboxylic acids is 2. The van der Waals surface area contributed by atoms with Gasteiger partial charge in [0.05, 0.1) is 25.2 Å². The fraction of sp³-hybridized carbons (Fsp3) is 0.448. The number of ether oxygens (including phenoxy) is 3. The number of methoxy groups -OCH3 is 1. The summed E-state index contributed by atoms with van der Waals surface area (Å²) in [6.07, 6.45) is 0.948. The molecule has 0 bridgehead atoms. The first-order valence-electron chi connectivity index (χ1n) is 12.7. The van der Waals surface area contributed by atoms with Crippen LogP contribution in [0.15, 0.2) is 57.3 Å².